The van der Waals surface area contributed by atoms with Gasteiger partial charge >= 0.3 is 0 Å². The van der Waals surface area contributed by atoms with Gasteiger partial charge in [0.15, 0.2) is 0 Å². The summed E-state index contributed by atoms with van der Waals surface area (Å²) in [5.41, 5.74) is 1.50. The van der Waals surface area contributed by atoms with Crippen LogP contribution in [0.15, 0.2) is 54.6 Å². The Kier molecular flexibility index (Phi) is 7.57. The molecule has 5 nitrogen and oxygen atoms in total. The van der Waals surface area contributed by atoms with Crippen LogP contribution in [0.5, 0.6) is 0 Å². The Balaban J connectivity index is 1.89. The average molecular weight is 413 g/mol. The molecule has 2 aromatic rings. The van der Waals surface area contributed by atoms with Crippen LogP contribution in [0.2, 0.25) is 0 Å². The first-order chi connectivity index (χ1) is 14.5. The van der Waals surface area contributed by atoms with Gasteiger partial charge in [-0.3, -0.25) is 9.59 Å². The highest BCUT2D eigenvalue weighted by Crippen LogP contribution is 2.26. The number of ether oxygens (including phenoxy) is 1. The standard InChI is InChI=1S/C24H29FN2O3/c1-17(2)24(29)27(16-18-10-12-20(25)13-11-18)22(19-7-4-3-5-8-19)23(28)26-15-21-9-6-14-30-21/h3-5,7-8,10-13,17,21-22H,6,9,14-16H2,1-2H3,(H,26,28)/t21-,22+/m1/s1. The molecule has 1 saturated heterocycles. The van der Waals surface area contributed by atoms with Crippen LogP contribution >= 0.6 is 0 Å². The highest BCUT2D eigenvalue weighted by atomic mass is 19.1. The van der Waals surface area contributed by atoms with Crippen molar-refractivity contribution in [2.24, 2.45) is 5.92 Å². The van der Waals surface area contributed by atoms with Gasteiger partial charge in [-0.25, -0.2) is 4.39 Å². The van der Waals surface area contributed by atoms with Crippen LogP contribution in [0.3, 0.4) is 0 Å². The van der Waals surface area contributed by atoms with Crippen LogP contribution in [0.25, 0.3) is 0 Å². The number of hydrogen-bond donors (Lipinski definition) is 1. The van der Waals surface area contributed by atoms with E-state index in [1.54, 1.807) is 17.0 Å². The van der Waals surface area contributed by atoms with Gasteiger partial charge in [-0.15, -0.1) is 0 Å². The topological polar surface area (TPSA) is 58.6 Å². The number of carbonyl (C=O) groups is 2. The van der Waals surface area contributed by atoms with Crippen LogP contribution in [0.1, 0.15) is 43.9 Å². The van der Waals surface area contributed by atoms with Crippen LogP contribution < -0.4 is 5.32 Å². The van der Waals surface area contributed by atoms with Gasteiger partial charge in [-0.1, -0.05) is 56.3 Å². The Hall–Kier alpha value is -2.73. The fourth-order valence-electron chi connectivity index (χ4n) is 3.64. The first kappa shape index (κ1) is 22.0. The summed E-state index contributed by atoms with van der Waals surface area (Å²) in [4.78, 5) is 28.0. The van der Waals surface area contributed by atoms with Crippen molar-refractivity contribution >= 4 is 11.8 Å². The zero-order valence-electron chi connectivity index (χ0n) is 17.5. The third-order valence-corrected chi connectivity index (χ3v) is 5.25. The zero-order valence-corrected chi connectivity index (χ0v) is 17.5. The van der Waals surface area contributed by atoms with E-state index in [4.69, 9.17) is 4.74 Å². The van der Waals surface area contributed by atoms with Crippen molar-refractivity contribution in [3.8, 4) is 0 Å². The van der Waals surface area contributed by atoms with Crippen molar-refractivity contribution in [2.75, 3.05) is 13.2 Å². The number of nitrogens with zero attached hydrogens (tertiary/aromatic N) is 1. The normalized spacial score (nSPS) is 17.0. The van der Waals surface area contributed by atoms with Crippen LogP contribution in [-0.2, 0) is 20.9 Å². The van der Waals surface area contributed by atoms with E-state index in [2.05, 4.69) is 5.32 Å². The van der Waals surface area contributed by atoms with Gasteiger partial charge in [0.25, 0.3) is 0 Å². The summed E-state index contributed by atoms with van der Waals surface area (Å²) in [7, 11) is 0. The molecule has 1 aliphatic heterocycles. The summed E-state index contributed by atoms with van der Waals surface area (Å²) < 4.78 is 19.0. The predicted molar refractivity (Wildman–Crippen MR) is 113 cm³/mol. The molecule has 1 aliphatic rings. The van der Waals surface area contributed by atoms with Gasteiger partial charge in [-0.05, 0) is 36.1 Å². The number of benzene rings is 2. The SMILES string of the molecule is CC(C)C(=O)N(Cc1ccc(F)cc1)[C@H](C(=O)NC[C@H]1CCCO1)c1ccccc1. The van der Waals surface area contributed by atoms with Crippen molar-refractivity contribution in [3.63, 3.8) is 0 Å². The summed E-state index contributed by atoms with van der Waals surface area (Å²) in [6.07, 6.45) is 1.92. The lowest BCUT2D eigenvalue weighted by atomic mass is 10.0. The summed E-state index contributed by atoms with van der Waals surface area (Å²) in [5, 5.41) is 2.97. The van der Waals surface area contributed by atoms with Crippen molar-refractivity contribution in [3.05, 3.63) is 71.5 Å². The Morgan fingerprint density at radius 1 is 1.13 bits per heavy atom. The second-order valence-corrected chi connectivity index (χ2v) is 7.94. The lowest BCUT2D eigenvalue weighted by Gasteiger charge is -2.33. The molecule has 160 valence electrons. The Morgan fingerprint density at radius 2 is 1.83 bits per heavy atom. The van der Waals surface area contributed by atoms with Gasteiger partial charge < -0.3 is 15.0 Å². The number of rotatable bonds is 8. The van der Waals surface area contributed by atoms with E-state index in [0.29, 0.717) is 13.2 Å². The molecule has 1 fully saturated rings. The maximum Gasteiger partial charge on any atom is 0.247 e. The molecule has 0 spiro atoms. The van der Waals surface area contributed by atoms with Crippen LogP contribution in [-0.4, -0.2) is 36.0 Å². The Bertz CT molecular complexity index is 833. The van der Waals surface area contributed by atoms with Crippen molar-refractivity contribution in [2.45, 2.75) is 45.4 Å². The van der Waals surface area contributed by atoms with Gasteiger partial charge in [0.1, 0.15) is 11.9 Å². The molecule has 0 bridgehead atoms. The van der Waals surface area contributed by atoms with Gasteiger partial charge in [-0.2, -0.15) is 0 Å². The maximum absolute atomic E-state index is 13.4. The molecule has 2 aromatic carbocycles. The maximum atomic E-state index is 13.4. The van der Waals surface area contributed by atoms with Crippen molar-refractivity contribution < 1.29 is 18.7 Å². The largest absolute Gasteiger partial charge is 0.376 e. The molecule has 2 amide bonds. The smallest absolute Gasteiger partial charge is 0.247 e. The summed E-state index contributed by atoms with van der Waals surface area (Å²) in [6.45, 7) is 4.97. The van der Waals surface area contributed by atoms with E-state index in [1.807, 2.05) is 44.2 Å². The molecule has 0 saturated carbocycles. The number of halogens is 1. The van der Waals surface area contributed by atoms with E-state index in [1.165, 1.54) is 12.1 Å². The molecule has 2 atom stereocenters. The number of carbonyl (C=O) groups excluding carboxylic acids is 2. The quantitative estimate of drug-likeness (QED) is 0.717. The van der Waals surface area contributed by atoms with E-state index >= 15 is 0 Å². The Labute approximate surface area is 177 Å². The predicted octanol–water partition coefficient (Wildman–Crippen LogP) is 3.85. The molecule has 1 N–H and O–H groups in total. The molecule has 1 heterocycles. The van der Waals surface area contributed by atoms with E-state index in [0.717, 1.165) is 24.0 Å². The lowest BCUT2D eigenvalue weighted by molar-refractivity contribution is -0.144. The summed E-state index contributed by atoms with van der Waals surface area (Å²) >= 11 is 0. The van der Waals surface area contributed by atoms with Crippen molar-refractivity contribution in [1.82, 2.24) is 10.2 Å². The molecular formula is C24H29FN2O3. The van der Waals surface area contributed by atoms with E-state index in [-0.39, 0.29) is 36.2 Å². The van der Waals surface area contributed by atoms with Gasteiger partial charge in [0.2, 0.25) is 11.8 Å². The average Bonchev–Trinajstić information content (AvgIpc) is 3.27. The minimum Gasteiger partial charge on any atom is -0.376 e. The monoisotopic (exact) mass is 412 g/mol. The summed E-state index contributed by atoms with van der Waals surface area (Å²) in [6, 6.07) is 14.5. The summed E-state index contributed by atoms with van der Waals surface area (Å²) in [5.74, 6) is -1.01. The third-order valence-electron chi connectivity index (χ3n) is 5.25. The highest BCUT2D eigenvalue weighted by molar-refractivity contribution is 5.89. The Morgan fingerprint density at radius 3 is 2.43 bits per heavy atom. The molecule has 0 aromatic heterocycles. The fraction of sp³-hybridized carbons (Fsp3) is 0.417. The van der Waals surface area contributed by atoms with Gasteiger partial charge in [0, 0.05) is 25.6 Å². The van der Waals surface area contributed by atoms with Crippen LogP contribution in [0, 0.1) is 11.7 Å². The van der Waals surface area contributed by atoms with Gasteiger partial charge in [0.05, 0.1) is 6.10 Å². The van der Waals surface area contributed by atoms with Crippen molar-refractivity contribution in [1.29, 1.82) is 0 Å². The minimum atomic E-state index is -0.785. The molecule has 0 aliphatic carbocycles. The molecule has 3 rings (SSSR count). The third kappa shape index (κ3) is 5.66. The number of hydrogen-bond acceptors (Lipinski definition) is 3. The van der Waals surface area contributed by atoms with Crippen LogP contribution in [0.4, 0.5) is 4.39 Å². The highest BCUT2D eigenvalue weighted by Gasteiger charge is 2.33. The lowest BCUT2D eigenvalue weighted by Crippen LogP contribution is -2.46. The number of amides is 2. The van der Waals surface area contributed by atoms with E-state index < -0.39 is 6.04 Å². The number of nitrogens with one attached hydrogen (secondary N) is 1. The minimum absolute atomic E-state index is 0.0109. The molecule has 30 heavy (non-hydrogen) atoms. The second-order valence-electron chi connectivity index (χ2n) is 7.94. The zero-order chi connectivity index (χ0) is 21.5. The molecular weight excluding hydrogens is 383 g/mol. The van der Waals surface area contributed by atoms with E-state index in [9.17, 15) is 14.0 Å². The molecule has 0 unspecified atom stereocenters. The second kappa shape index (κ2) is 10.3. The first-order valence-corrected chi connectivity index (χ1v) is 10.4. The molecule has 6 heteroatoms. The first-order valence-electron chi connectivity index (χ1n) is 10.4. The molecule has 0 radical (unpaired) electrons. The fourth-order valence-corrected chi connectivity index (χ4v) is 3.64.